The van der Waals surface area contributed by atoms with E-state index in [1.54, 1.807) is 29.8 Å². The van der Waals surface area contributed by atoms with Crippen LogP contribution >= 0.6 is 22.7 Å². The van der Waals surface area contributed by atoms with Crippen molar-refractivity contribution in [2.75, 3.05) is 20.3 Å². The third-order valence-electron chi connectivity index (χ3n) is 4.52. The Kier molecular flexibility index (Phi) is 4.95. The van der Waals surface area contributed by atoms with Crippen LogP contribution in [-0.4, -0.2) is 31.1 Å². The highest BCUT2D eigenvalue weighted by molar-refractivity contribution is 7.10. The molecule has 0 saturated heterocycles. The predicted molar refractivity (Wildman–Crippen MR) is 104 cm³/mol. The van der Waals surface area contributed by atoms with Crippen molar-refractivity contribution in [1.29, 1.82) is 0 Å². The minimum absolute atomic E-state index is 0.00171. The Bertz CT molecular complexity index is 888. The number of hydrogen-bond donors (Lipinski definition) is 0. The Morgan fingerprint density at radius 3 is 2.73 bits per heavy atom. The molecule has 6 heteroatoms. The summed E-state index contributed by atoms with van der Waals surface area (Å²) in [4.78, 5) is 17.5. The number of rotatable bonds is 5. The molecule has 3 heterocycles. The lowest BCUT2D eigenvalue weighted by molar-refractivity contribution is -0.135. The molecule has 0 bridgehead atoms. The van der Waals surface area contributed by atoms with Gasteiger partial charge in [0, 0.05) is 16.3 Å². The van der Waals surface area contributed by atoms with Crippen molar-refractivity contribution in [2.24, 2.45) is 0 Å². The third-order valence-corrected chi connectivity index (χ3v) is 6.44. The van der Waals surface area contributed by atoms with Gasteiger partial charge in [-0.1, -0.05) is 18.2 Å². The average Bonchev–Trinajstić information content (AvgIpc) is 3.37. The first-order valence-corrected chi connectivity index (χ1v) is 10.2. The van der Waals surface area contributed by atoms with E-state index < -0.39 is 0 Å². The number of benzene rings is 1. The van der Waals surface area contributed by atoms with Gasteiger partial charge in [0.25, 0.3) is 5.91 Å². The van der Waals surface area contributed by atoms with Crippen LogP contribution in [-0.2, 0) is 11.2 Å². The van der Waals surface area contributed by atoms with Crippen molar-refractivity contribution in [1.82, 2.24) is 4.90 Å². The zero-order valence-corrected chi connectivity index (χ0v) is 16.0. The molecule has 1 aliphatic heterocycles. The number of amides is 1. The molecule has 4 nitrogen and oxygen atoms in total. The van der Waals surface area contributed by atoms with Crippen LogP contribution in [0.5, 0.6) is 11.5 Å². The molecule has 2 aromatic heterocycles. The average molecular weight is 386 g/mol. The highest BCUT2D eigenvalue weighted by atomic mass is 32.1. The predicted octanol–water partition coefficient (Wildman–Crippen LogP) is 4.37. The van der Waals surface area contributed by atoms with Crippen LogP contribution < -0.4 is 9.47 Å². The van der Waals surface area contributed by atoms with E-state index in [4.69, 9.17) is 9.47 Å². The van der Waals surface area contributed by atoms with Crippen molar-refractivity contribution < 1.29 is 14.3 Å². The molecule has 26 heavy (non-hydrogen) atoms. The molecule has 4 rings (SSSR count). The number of thiophene rings is 2. The number of hydrogen-bond acceptors (Lipinski definition) is 5. The quantitative estimate of drug-likeness (QED) is 0.655. The number of ether oxygens (including phenoxy) is 2. The van der Waals surface area contributed by atoms with E-state index in [1.165, 1.54) is 15.3 Å². The number of carbonyl (C=O) groups is 1. The molecule has 1 unspecified atom stereocenters. The number of para-hydroxylation sites is 2. The molecule has 0 fully saturated rings. The summed E-state index contributed by atoms with van der Waals surface area (Å²) in [5.74, 6) is 1.21. The SMILES string of the molecule is COc1ccccc1OCC(=O)N1CCc2sccc2C1c1cccs1. The molecule has 0 saturated carbocycles. The molecule has 1 atom stereocenters. The largest absolute Gasteiger partial charge is 0.493 e. The van der Waals surface area contributed by atoms with E-state index in [0.29, 0.717) is 18.0 Å². The van der Waals surface area contributed by atoms with Crippen molar-refractivity contribution >= 4 is 28.6 Å². The van der Waals surface area contributed by atoms with Gasteiger partial charge in [-0.3, -0.25) is 4.79 Å². The monoisotopic (exact) mass is 385 g/mol. The molecule has 1 aliphatic rings. The lowest BCUT2D eigenvalue weighted by Crippen LogP contribution is -2.42. The Hall–Kier alpha value is -2.31. The second-order valence-corrected chi connectivity index (χ2v) is 7.97. The maximum atomic E-state index is 13.0. The van der Waals surface area contributed by atoms with Gasteiger partial charge < -0.3 is 14.4 Å². The van der Waals surface area contributed by atoms with Gasteiger partial charge in [0.15, 0.2) is 18.1 Å². The number of carbonyl (C=O) groups excluding carboxylic acids is 1. The molecule has 0 aliphatic carbocycles. The van der Waals surface area contributed by atoms with Crippen molar-refractivity contribution in [3.63, 3.8) is 0 Å². The van der Waals surface area contributed by atoms with Crippen LogP contribution in [0.2, 0.25) is 0 Å². The summed E-state index contributed by atoms with van der Waals surface area (Å²) in [5.41, 5.74) is 1.24. The lowest BCUT2D eigenvalue weighted by atomic mass is 9.98. The highest BCUT2D eigenvalue weighted by Crippen LogP contribution is 2.39. The van der Waals surface area contributed by atoms with Crippen LogP contribution in [0.4, 0.5) is 0 Å². The molecular weight excluding hydrogens is 366 g/mol. The summed E-state index contributed by atoms with van der Waals surface area (Å²) in [5, 5.41) is 4.18. The van der Waals surface area contributed by atoms with E-state index in [-0.39, 0.29) is 18.6 Å². The van der Waals surface area contributed by atoms with Crippen LogP contribution in [0, 0.1) is 0 Å². The summed E-state index contributed by atoms with van der Waals surface area (Å²) < 4.78 is 11.1. The Morgan fingerprint density at radius 2 is 1.96 bits per heavy atom. The number of fused-ring (bicyclic) bond motifs is 1. The highest BCUT2D eigenvalue weighted by Gasteiger charge is 2.33. The Morgan fingerprint density at radius 1 is 1.12 bits per heavy atom. The number of methoxy groups -OCH3 is 1. The smallest absolute Gasteiger partial charge is 0.261 e. The van der Waals surface area contributed by atoms with E-state index >= 15 is 0 Å². The molecule has 3 aromatic rings. The zero-order valence-electron chi connectivity index (χ0n) is 14.4. The van der Waals surface area contributed by atoms with Gasteiger partial charge >= 0.3 is 0 Å². The summed E-state index contributed by atoms with van der Waals surface area (Å²) in [6.45, 7) is 0.714. The first-order chi connectivity index (χ1) is 12.8. The standard InChI is InChI=1S/C20H19NO3S2/c1-23-15-5-2-3-6-16(15)24-13-19(22)21-10-8-17-14(9-12-26-17)20(21)18-7-4-11-25-18/h2-7,9,11-12,20H,8,10,13H2,1H3. The Balaban J connectivity index is 1.55. The van der Waals surface area contributed by atoms with E-state index in [2.05, 4.69) is 22.9 Å². The normalized spacial score (nSPS) is 16.2. The van der Waals surface area contributed by atoms with Gasteiger partial charge in [0.05, 0.1) is 13.2 Å². The molecule has 1 amide bonds. The lowest BCUT2D eigenvalue weighted by Gasteiger charge is -2.35. The summed E-state index contributed by atoms with van der Waals surface area (Å²) in [7, 11) is 1.60. The van der Waals surface area contributed by atoms with Crippen molar-refractivity contribution in [3.8, 4) is 11.5 Å². The summed E-state index contributed by atoms with van der Waals surface area (Å²) >= 11 is 3.46. The minimum Gasteiger partial charge on any atom is -0.493 e. The maximum Gasteiger partial charge on any atom is 0.261 e. The maximum absolute atomic E-state index is 13.0. The molecule has 0 radical (unpaired) electrons. The minimum atomic E-state index is -0.0150. The first-order valence-electron chi connectivity index (χ1n) is 8.43. The summed E-state index contributed by atoms with van der Waals surface area (Å²) in [6.07, 6.45) is 0.898. The Labute approximate surface area is 160 Å². The van der Waals surface area contributed by atoms with Crippen molar-refractivity contribution in [2.45, 2.75) is 12.5 Å². The zero-order chi connectivity index (χ0) is 17.9. The van der Waals surface area contributed by atoms with Crippen molar-refractivity contribution in [3.05, 3.63) is 68.5 Å². The molecular formula is C20H19NO3S2. The van der Waals surface area contributed by atoms with Gasteiger partial charge in [-0.05, 0) is 47.0 Å². The fraction of sp³-hybridized carbons (Fsp3) is 0.250. The topological polar surface area (TPSA) is 38.8 Å². The van der Waals surface area contributed by atoms with Gasteiger partial charge in [-0.25, -0.2) is 0 Å². The molecule has 0 spiro atoms. The number of nitrogens with zero attached hydrogens (tertiary/aromatic N) is 1. The molecule has 0 N–H and O–H groups in total. The van der Waals surface area contributed by atoms with Gasteiger partial charge in [-0.15, -0.1) is 22.7 Å². The van der Waals surface area contributed by atoms with E-state index in [0.717, 1.165) is 6.42 Å². The van der Waals surface area contributed by atoms with Crippen LogP contribution in [0.25, 0.3) is 0 Å². The van der Waals surface area contributed by atoms with Crippen LogP contribution in [0.15, 0.2) is 53.2 Å². The first kappa shape index (κ1) is 17.1. The van der Waals surface area contributed by atoms with E-state index in [1.807, 2.05) is 35.2 Å². The van der Waals surface area contributed by atoms with Gasteiger partial charge in [0.1, 0.15) is 0 Å². The molecule has 1 aromatic carbocycles. The summed E-state index contributed by atoms with van der Waals surface area (Å²) in [6, 6.07) is 13.7. The van der Waals surface area contributed by atoms with Crippen LogP contribution in [0.3, 0.4) is 0 Å². The van der Waals surface area contributed by atoms with Gasteiger partial charge in [-0.2, -0.15) is 0 Å². The second kappa shape index (κ2) is 7.51. The van der Waals surface area contributed by atoms with E-state index in [9.17, 15) is 4.79 Å². The fourth-order valence-electron chi connectivity index (χ4n) is 3.30. The fourth-order valence-corrected chi connectivity index (χ4v) is 5.06. The third kappa shape index (κ3) is 3.22. The van der Waals surface area contributed by atoms with Crippen LogP contribution in [0.1, 0.15) is 21.4 Å². The molecule has 134 valence electrons. The van der Waals surface area contributed by atoms with Gasteiger partial charge in [0.2, 0.25) is 0 Å². The second-order valence-electron chi connectivity index (χ2n) is 5.99.